The van der Waals surface area contributed by atoms with E-state index in [1.165, 1.54) is 5.56 Å². The Kier molecular flexibility index (Phi) is 6.46. The zero-order valence-corrected chi connectivity index (χ0v) is 18.0. The maximum Gasteiger partial charge on any atom is 0.259 e. The fourth-order valence-electron chi connectivity index (χ4n) is 3.74. The number of pyridine rings is 1. The number of benzene rings is 1. The van der Waals surface area contributed by atoms with Gasteiger partial charge in [0.1, 0.15) is 11.6 Å². The summed E-state index contributed by atoms with van der Waals surface area (Å²) >= 11 is 0. The summed E-state index contributed by atoms with van der Waals surface area (Å²) in [6.07, 6.45) is 2.26. The highest BCUT2D eigenvalue weighted by atomic mass is 16.5. The second kappa shape index (κ2) is 9.44. The van der Waals surface area contributed by atoms with Crippen LogP contribution in [0.2, 0.25) is 0 Å². The van der Waals surface area contributed by atoms with E-state index in [2.05, 4.69) is 26.1 Å². The lowest BCUT2D eigenvalue weighted by Gasteiger charge is -2.33. The number of aliphatic hydroxyl groups is 2. The molecular formula is C23H25N5O4. The van der Waals surface area contributed by atoms with Gasteiger partial charge < -0.3 is 19.5 Å². The SMILES string of the molecule is CC(C)Oc1ncc(-c2nc(-c3ccc4c(c3)CCN(C(CO)CO)C4)no2)cc1C#N. The molecule has 0 spiro atoms. The highest BCUT2D eigenvalue weighted by molar-refractivity contribution is 5.62. The highest BCUT2D eigenvalue weighted by Gasteiger charge is 2.23. The van der Waals surface area contributed by atoms with Gasteiger partial charge in [0.25, 0.3) is 5.89 Å². The first kappa shape index (κ1) is 21.9. The van der Waals surface area contributed by atoms with Crippen molar-refractivity contribution < 1.29 is 19.5 Å². The van der Waals surface area contributed by atoms with Crippen LogP contribution < -0.4 is 4.74 Å². The van der Waals surface area contributed by atoms with E-state index < -0.39 is 0 Å². The van der Waals surface area contributed by atoms with Gasteiger partial charge in [-0.1, -0.05) is 17.3 Å². The standard InChI is InChI=1S/C23H25N5O4/c1-14(2)31-22-18(9-24)8-19(10-25-22)23-26-21(27-32-23)16-3-4-17-11-28(20(12-29)13-30)6-5-15(17)7-16/h3-4,7-8,10,14,20,29-30H,5-6,11-13H2,1-2H3. The molecule has 3 heterocycles. The van der Waals surface area contributed by atoms with Crippen LogP contribution >= 0.6 is 0 Å². The summed E-state index contributed by atoms with van der Waals surface area (Å²) < 4.78 is 11.0. The molecule has 1 aliphatic rings. The Bertz CT molecular complexity index is 1130. The molecular weight excluding hydrogens is 410 g/mol. The van der Waals surface area contributed by atoms with Gasteiger partial charge in [0.05, 0.1) is 30.9 Å². The molecule has 0 fully saturated rings. The molecule has 1 aliphatic heterocycles. The van der Waals surface area contributed by atoms with Crippen LogP contribution in [0.25, 0.3) is 22.8 Å². The van der Waals surface area contributed by atoms with Crippen molar-refractivity contribution in [2.24, 2.45) is 0 Å². The van der Waals surface area contributed by atoms with Crippen LogP contribution in [-0.4, -0.2) is 62.1 Å². The molecule has 0 saturated carbocycles. The number of nitriles is 1. The second-order valence-electron chi connectivity index (χ2n) is 8.00. The molecule has 2 N–H and O–H groups in total. The van der Waals surface area contributed by atoms with Gasteiger partial charge in [-0.15, -0.1) is 0 Å². The molecule has 3 aromatic rings. The van der Waals surface area contributed by atoms with Crippen molar-refractivity contribution in [3.8, 4) is 34.8 Å². The Morgan fingerprint density at radius 1 is 1.19 bits per heavy atom. The Balaban J connectivity index is 1.55. The van der Waals surface area contributed by atoms with Crippen LogP contribution in [0, 0.1) is 11.3 Å². The van der Waals surface area contributed by atoms with Crippen LogP contribution in [0.3, 0.4) is 0 Å². The maximum atomic E-state index is 9.44. The predicted octanol–water partition coefficient (Wildman–Crippen LogP) is 2.17. The monoisotopic (exact) mass is 435 g/mol. The number of rotatable bonds is 7. The van der Waals surface area contributed by atoms with E-state index in [0.29, 0.717) is 23.5 Å². The number of nitrogens with zero attached hydrogens (tertiary/aromatic N) is 5. The zero-order valence-electron chi connectivity index (χ0n) is 18.0. The number of aromatic nitrogens is 3. The van der Waals surface area contributed by atoms with Crippen LogP contribution in [0.5, 0.6) is 5.88 Å². The third-order valence-electron chi connectivity index (χ3n) is 5.44. The molecule has 0 atom stereocenters. The third kappa shape index (κ3) is 4.48. The second-order valence-corrected chi connectivity index (χ2v) is 8.00. The van der Waals surface area contributed by atoms with E-state index >= 15 is 0 Å². The Morgan fingerprint density at radius 3 is 2.72 bits per heavy atom. The van der Waals surface area contributed by atoms with E-state index in [0.717, 1.165) is 24.1 Å². The summed E-state index contributed by atoms with van der Waals surface area (Å²) in [5.74, 6) is 1.01. The fraction of sp³-hybridized carbons (Fsp3) is 0.391. The molecule has 4 rings (SSSR count). The average Bonchev–Trinajstić information content (AvgIpc) is 3.30. The first-order valence-corrected chi connectivity index (χ1v) is 10.5. The van der Waals surface area contributed by atoms with E-state index in [4.69, 9.17) is 9.26 Å². The molecule has 9 heteroatoms. The van der Waals surface area contributed by atoms with Crippen molar-refractivity contribution in [2.45, 2.75) is 39.0 Å². The van der Waals surface area contributed by atoms with Crippen molar-refractivity contribution in [2.75, 3.05) is 19.8 Å². The van der Waals surface area contributed by atoms with Gasteiger partial charge in [0, 0.05) is 24.8 Å². The Morgan fingerprint density at radius 2 is 2.00 bits per heavy atom. The van der Waals surface area contributed by atoms with Crippen LogP contribution in [0.15, 0.2) is 35.0 Å². The number of fused-ring (bicyclic) bond motifs is 1. The van der Waals surface area contributed by atoms with Gasteiger partial charge in [0.15, 0.2) is 0 Å². The number of hydrogen-bond acceptors (Lipinski definition) is 9. The lowest BCUT2D eigenvalue weighted by atomic mass is 9.96. The molecule has 32 heavy (non-hydrogen) atoms. The topological polar surface area (TPSA) is 129 Å². The average molecular weight is 435 g/mol. The molecule has 1 aromatic carbocycles. The smallest absolute Gasteiger partial charge is 0.259 e. The number of hydrogen-bond donors (Lipinski definition) is 2. The van der Waals surface area contributed by atoms with Crippen LogP contribution in [0.4, 0.5) is 0 Å². The van der Waals surface area contributed by atoms with Gasteiger partial charge >= 0.3 is 0 Å². The van der Waals surface area contributed by atoms with Gasteiger partial charge in [-0.3, -0.25) is 4.90 Å². The van der Waals surface area contributed by atoms with Crippen molar-refractivity contribution in [3.05, 3.63) is 47.2 Å². The van der Waals surface area contributed by atoms with Crippen molar-refractivity contribution in [3.63, 3.8) is 0 Å². The van der Waals surface area contributed by atoms with Gasteiger partial charge in [-0.05, 0) is 43.5 Å². The highest BCUT2D eigenvalue weighted by Crippen LogP contribution is 2.28. The van der Waals surface area contributed by atoms with Gasteiger partial charge in [0.2, 0.25) is 11.7 Å². The predicted molar refractivity (Wildman–Crippen MR) is 116 cm³/mol. The van der Waals surface area contributed by atoms with E-state index in [1.54, 1.807) is 12.3 Å². The fourth-order valence-corrected chi connectivity index (χ4v) is 3.74. The first-order chi connectivity index (χ1) is 15.5. The molecule has 0 aliphatic carbocycles. The lowest BCUT2D eigenvalue weighted by molar-refractivity contribution is 0.0651. The molecule has 0 saturated heterocycles. The normalized spacial score (nSPS) is 13.9. The van der Waals surface area contributed by atoms with Crippen LogP contribution in [-0.2, 0) is 13.0 Å². The molecule has 166 valence electrons. The summed E-state index contributed by atoms with van der Waals surface area (Å²) in [5.41, 5.74) is 4.02. The largest absolute Gasteiger partial charge is 0.474 e. The molecule has 0 radical (unpaired) electrons. The molecule has 0 bridgehead atoms. The first-order valence-electron chi connectivity index (χ1n) is 10.5. The minimum Gasteiger partial charge on any atom is -0.474 e. The minimum absolute atomic E-state index is 0.0670. The Hall–Kier alpha value is -3.32. The van der Waals surface area contributed by atoms with Crippen molar-refractivity contribution in [1.82, 2.24) is 20.0 Å². The maximum absolute atomic E-state index is 9.44. The van der Waals surface area contributed by atoms with E-state index in [1.807, 2.05) is 32.0 Å². The number of aliphatic hydroxyl groups excluding tert-OH is 2. The van der Waals surface area contributed by atoms with E-state index in [9.17, 15) is 15.5 Å². The molecule has 2 aromatic heterocycles. The van der Waals surface area contributed by atoms with Crippen molar-refractivity contribution in [1.29, 1.82) is 5.26 Å². The molecule has 9 nitrogen and oxygen atoms in total. The van der Waals surface area contributed by atoms with Crippen LogP contribution in [0.1, 0.15) is 30.5 Å². The molecule has 0 amide bonds. The van der Waals surface area contributed by atoms with Gasteiger partial charge in [-0.25, -0.2) is 4.98 Å². The molecule has 0 unspecified atom stereocenters. The van der Waals surface area contributed by atoms with E-state index in [-0.39, 0.29) is 37.1 Å². The summed E-state index contributed by atoms with van der Waals surface area (Å²) in [5, 5.41) is 32.4. The lowest BCUT2D eigenvalue weighted by Crippen LogP contribution is -2.43. The summed E-state index contributed by atoms with van der Waals surface area (Å²) in [6, 6.07) is 9.48. The quantitative estimate of drug-likeness (QED) is 0.573. The summed E-state index contributed by atoms with van der Waals surface area (Å²) in [6.45, 7) is 5.04. The summed E-state index contributed by atoms with van der Waals surface area (Å²) in [7, 11) is 0. The zero-order chi connectivity index (χ0) is 22.7. The summed E-state index contributed by atoms with van der Waals surface area (Å²) in [4.78, 5) is 10.8. The van der Waals surface area contributed by atoms with Gasteiger partial charge in [-0.2, -0.15) is 10.2 Å². The van der Waals surface area contributed by atoms with Crippen molar-refractivity contribution >= 4 is 0 Å². The Labute approximate surface area is 185 Å². The minimum atomic E-state index is -0.244. The number of ether oxygens (including phenoxy) is 1. The third-order valence-corrected chi connectivity index (χ3v) is 5.44.